The van der Waals surface area contributed by atoms with E-state index < -0.39 is 0 Å². The lowest BCUT2D eigenvalue weighted by molar-refractivity contribution is 0.0714. The Kier molecular flexibility index (Phi) is 4.40. The number of aromatic nitrogens is 3. The fraction of sp³-hybridized carbons (Fsp3) is 0.467. The smallest absolute Gasteiger partial charge is 0.289 e. The number of carbonyl (C=O) groups is 1. The van der Waals surface area contributed by atoms with Crippen molar-refractivity contribution in [2.24, 2.45) is 0 Å². The molecule has 23 heavy (non-hydrogen) atoms. The Morgan fingerprint density at radius 3 is 2.74 bits per heavy atom. The molecular formula is C15H20N6O2. The maximum atomic E-state index is 12.2. The monoisotopic (exact) mass is 316 g/mol. The third-order valence-corrected chi connectivity index (χ3v) is 3.59. The molecule has 0 aromatic carbocycles. The SMILES string of the molecule is CC(C)Nc1nncc(N2CCN(C(=O)c3ccco3)CC2)n1. The molecule has 0 aliphatic carbocycles. The Morgan fingerprint density at radius 2 is 2.09 bits per heavy atom. The standard InChI is InChI=1S/C15H20N6O2/c1-11(2)17-15-18-13(10-16-19-15)20-5-7-21(8-6-20)14(22)12-4-3-9-23-12/h3-4,9-11H,5-8H2,1-2H3,(H,17,18,19). The number of hydrogen-bond acceptors (Lipinski definition) is 7. The first-order valence-electron chi connectivity index (χ1n) is 7.67. The minimum absolute atomic E-state index is 0.0716. The van der Waals surface area contributed by atoms with Crippen LogP contribution in [0.25, 0.3) is 0 Å². The molecule has 1 amide bonds. The summed E-state index contributed by atoms with van der Waals surface area (Å²) in [6, 6.07) is 3.65. The highest BCUT2D eigenvalue weighted by atomic mass is 16.3. The van der Waals surface area contributed by atoms with Crippen molar-refractivity contribution >= 4 is 17.7 Å². The van der Waals surface area contributed by atoms with Gasteiger partial charge in [-0.3, -0.25) is 4.79 Å². The van der Waals surface area contributed by atoms with Gasteiger partial charge in [0, 0.05) is 32.2 Å². The van der Waals surface area contributed by atoms with Crippen molar-refractivity contribution in [1.82, 2.24) is 20.1 Å². The summed E-state index contributed by atoms with van der Waals surface area (Å²) in [5, 5.41) is 11.1. The van der Waals surface area contributed by atoms with Crippen LogP contribution in [0.4, 0.5) is 11.8 Å². The van der Waals surface area contributed by atoms with Crippen LogP contribution < -0.4 is 10.2 Å². The van der Waals surface area contributed by atoms with Crippen LogP contribution >= 0.6 is 0 Å². The van der Waals surface area contributed by atoms with Crippen LogP contribution in [0, 0.1) is 0 Å². The third kappa shape index (κ3) is 3.58. The summed E-state index contributed by atoms with van der Waals surface area (Å²) >= 11 is 0. The van der Waals surface area contributed by atoms with Gasteiger partial charge in [0.15, 0.2) is 11.6 Å². The Bertz CT molecular complexity index is 650. The summed E-state index contributed by atoms with van der Waals surface area (Å²) in [6.07, 6.45) is 3.16. The fourth-order valence-electron chi connectivity index (χ4n) is 2.46. The Hall–Kier alpha value is -2.64. The molecular weight excluding hydrogens is 296 g/mol. The first-order chi connectivity index (χ1) is 11.1. The molecule has 8 heteroatoms. The number of nitrogens with zero attached hydrogens (tertiary/aromatic N) is 5. The summed E-state index contributed by atoms with van der Waals surface area (Å²) in [5.41, 5.74) is 0. The first kappa shape index (κ1) is 15.3. The molecule has 0 unspecified atom stereocenters. The summed E-state index contributed by atoms with van der Waals surface area (Å²) in [4.78, 5) is 20.6. The predicted molar refractivity (Wildman–Crippen MR) is 85.4 cm³/mol. The van der Waals surface area contributed by atoms with Gasteiger partial charge < -0.3 is 19.5 Å². The molecule has 0 saturated carbocycles. The number of hydrogen-bond donors (Lipinski definition) is 1. The first-order valence-corrected chi connectivity index (χ1v) is 7.67. The number of anilines is 2. The van der Waals surface area contributed by atoms with Crippen molar-refractivity contribution in [3.63, 3.8) is 0 Å². The second-order valence-electron chi connectivity index (χ2n) is 5.69. The van der Waals surface area contributed by atoms with E-state index in [-0.39, 0.29) is 11.9 Å². The molecule has 0 bridgehead atoms. The summed E-state index contributed by atoms with van der Waals surface area (Å²) < 4.78 is 5.17. The van der Waals surface area contributed by atoms with Crippen molar-refractivity contribution in [2.75, 3.05) is 36.4 Å². The highest BCUT2D eigenvalue weighted by Crippen LogP contribution is 2.15. The molecule has 3 heterocycles. The minimum Gasteiger partial charge on any atom is -0.459 e. The molecule has 0 radical (unpaired) electrons. The Balaban J connectivity index is 1.61. The van der Waals surface area contributed by atoms with Crippen LogP contribution in [0.3, 0.4) is 0 Å². The number of piperazine rings is 1. The average molecular weight is 316 g/mol. The van der Waals surface area contributed by atoms with Crippen LogP contribution in [-0.4, -0.2) is 58.2 Å². The van der Waals surface area contributed by atoms with E-state index in [1.54, 1.807) is 23.2 Å². The second kappa shape index (κ2) is 6.64. The fourth-order valence-corrected chi connectivity index (χ4v) is 2.46. The lowest BCUT2D eigenvalue weighted by Gasteiger charge is -2.34. The van der Waals surface area contributed by atoms with Crippen molar-refractivity contribution < 1.29 is 9.21 Å². The number of carbonyl (C=O) groups excluding carboxylic acids is 1. The van der Waals surface area contributed by atoms with E-state index in [4.69, 9.17) is 4.42 Å². The summed E-state index contributed by atoms with van der Waals surface area (Å²) in [6.45, 7) is 6.69. The van der Waals surface area contributed by atoms with E-state index in [0.29, 0.717) is 37.9 Å². The quantitative estimate of drug-likeness (QED) is 0.908. The predicted octanol–water partition coefficient (Wildman–Crippen LogP) is 1.25. The maximum Gasteiger partial charge on any atom is 0.289 e. The van der Waals surface area contributed by atoms with Crippen LogP contribution in [0.1, 0.15) is 24.4 Å². The van der Waals surface area contributed by atoms with Gasteiger partial charge in [0.2, 0.25) is 5.95 Å². The molecule has 1 fully saturated rings. The van der Waals surface area contributed by atoms with Gasteiger partial charge >= 0.3 is 0 Å². The van der Waals surface area contributed by atoms with E-state index in [1.807, 2.05) is 13.8 Å². The van der Waals surface area contributed by atoms with Gasteiger partial charge in [-0.1, -0.05) is 0 Å². The van der Waals surface area contributed by atoms with Crippen LogP contribution in [0.15, 0.2) is 29.0 Å². The average Bonchev–Trinajstić information content (AvgIpc) is 3.08. The van der Waals surface area contributed by atoms with E-state index in [9.17, 15) is 4.79 Å². The number of nitrogens with one attached hydrogen (secondary N) is 1. The molecule has 2 aromatic heterocycles. The molecule has 8 nitrogen and oxygen atoms in total. The zero-order chi connectivity index (χ0) is 16.2. The molecule has 1 aliphatic heterocycles. The normalized spacial score (nSPS) is 15.1. The molecule has 0 atom stereocenters. The van der Waals surface area contributed by atoms with Gasteiger partial charge in [0.1, 0.15) is 0 Å². The lowest BCUT2D eigenvalue weighted by atomic mass is 10.3. The molecule has 1 aliphatic rings. The van der Waals surface area contributed by atoms with Gasteiger partial charge in [-0.25, -0.2) is 0 Å². The second-order valence-corrected chi connectivity index (χ2v) is 5.69. The van der Waals surface area contributed by atoms with Gasteiger partial charge in [0.25, 0.3) is 5.91 Å². The van der Waals surface area contributed by atoms with Crippen molar-refractivity contribution in [2.45, 2.75) is 19.9 Å². The van der Waals surface area contributed by atoms with Crippen LogP contribution in [-0.2, 0) is 0 Å². The molecule has 1 N–H and O–H groups in total. The van der Waals surface area contributed by atoms with E-state index in [2.05, 4.69) is 25.4 Å². The van der Waals surface area contributed by atoms with Crippen molar-refractivity contribution in [3.8, 4) is 0 Å². The zero-order valence-electron chi connectivity index (χ0n) is 13.3. The highest BCUT2D eigenvalue weighted by Gasteiger charge is 2.24. The highest BCUT2D eigenvalue weighted by molar-refractivity contribution is 5.91. The molecule has 3 rings (SSSR count). The molecule has 1 saturated heterocycles. The van der Waals surface area contributed by atoms with Crippen LogP contribution in [0.5, 0.6) is 0 Å². The number of furan rings is 1. The lowest BCUT2D eigenvalue weighted by Crippen LogP contribution is -2.49. The minimum atomic E-state index is -0.0716. The molecule has 122 valence electrons. The van der Waals surface area contributed by atoms with E-state index >= 15 is 0 Å². The van der Waals surface area contributed by atoms with Gasteiger partial charge in [0.05, 0.1) is 12.5 Å². The maximum absolute atomic E-state index is 12.2. The zero-order valence-corrected chi connectivity index (χ0v) is 13.3. The Labute approximate surface area is 134 Å². The number of rotatable bonds is 4. The van der Waals surface area contributed by atoms with Gasteiger partial charge in [-0.15, -0.1) is 5.10 Å². The van der Waals surface area contributed by atoms with E-state index in [0.717, 1.165) is 5.82 Å². The van der Waals surface area contributed by atoms with Crippen molar-refractivity contribution in [1.29, 1.82) is 0 Å². The summed E-state index contributed by atoms with van der Waals surface area (Å²) in [5.74, 6) is 1.60. The largest absolute Gasteiger partial charge is 0.459 e. The summed E-state index contributed by atoms with van der Waals surface area (Å²) in [7, 11) is 0. The third-order valence-electron chi connectivity index (χ3n) is 3.59. The Morgan fingerprint density at radius 1 is 1.30 bits per heavy atom. The molecule has 2 aromatic rings. The van der Waals surface area contributed by atoms with E-state index in [1.165, 1.54) is 6.26 Å². The number of amides is 1. The topological polar surface area (TPSA) is 87.4 Å². The van der Waals surface area contributed by atoms with Crippen LogP contribution in [0.2, 0.25) is 0 Å². The molecule has 0 spiro atoms. The van der Waals surface area contributed by atoms with Gasteiger partial charge in [-0.2, -0.15) is 10.1 Å². The van der Waals surface area contributed by atoms with Gasteiger partial charge in [-0.05, 0) is 26.0 Å². The van der Waals surface area contributed by atoms with Crippen molar-refractivity contribution in [3.05, 3.63) is 30.4 Å².